The molecule has 0 spiro atoms. The Morgan fingerprint density at radius 2 is 2.05 bits per heavy atom. The van der Waals surface area contributed by atoms with Crippen LogP contribution < -0.4 is 11.1 Å². The molecule has 4 nitrogen and oxygen atoms in total. The minimum Gasteiger partial charge on any atom is -0.350 e. The maximum atomic E-state index is 12.1. The van der Waals surface area contributed by atoms with E-state index in [9.17, 15) is 4.79 Å². The van der Waals surface area contributed by atoms with Gasteiger partial charge >= 0.3 is 0 Å². The first-order valence-electron chi connectivity index (χ1n) is 7.41. The second-order valence-electron chi connectivity index (χ2n) is 5.69. The van der Waals surface area contributed by atoms with Crippen molar-refractivity contribution < 1.29 is 4.79 Å². The van der Waals surface area contributed by atoms with Crippen LogP contribution >= 0.6 is 0 Å². The van der Waals surface area contributed by atoms with E-state index >= 15 is 0 Å². The fraction of sp³-hybridized carbons (Fsp3) is 0.562. The zero-order chi connectivity index (χ0) is 14.5. The van der Waals surface area contributed by atoms with Crippen LogP contribution in [-0.4, -0.2) is 43.0 Å². The Kier molecular flexibility index (Phi) is 5.15. The number of rotatable bonds is 7. The highest BCUT2D eigenvalue weighted by Crippen LogP contribution is 2.26. The minimum atomic E-state index is 0.000320. The molecular weight excluding hydrogens is 250 g/mol. The van der Waals surface area contributed by atoms with Crippen molar-refractivity contribution in [1.29, 1.82) is 0 Å². The number of hydrogen-bond donors (Lipinski definition) is 2. The Morgan fingerprint density at radius 1 is 1.40 bits per heavy atom. The first-order valence-corrected chi connectivity index (χ1v) is 7.41. The average Bonchev–Trinajstić information content (AvgIpc) is 3.29. The first kappa shape index (κ1) is 15.0. The van der Waals surface area contributed by atoms with Crippen LogP contribution in [0.2, 0.25) is 0 Å². The van der Waals surface area contributed by atoms with E-state index in [1.54, 1.807) is 0 Å². The number of likely N-dealkylation sites (N-methyl/N-ethyl adjacent to an activating group) is 1. The minimum absolute atomic E-state index is 0.000320. The predicted molar refractivity (Wildman–Crippen MR) is 81.8 cm³/mol. The number of carbonyl (C=O) groups is 1. The lowest BCUT2D eigenvalue weighted by atomic mass is 10.1. The Balaban J connectivity index is 1.81. The SMILES string of the molecule is CC(CNC(=O)c1ccc(CCN)cc1)N(C)C1CC1. The molecule has 110 valence electrons. The molecule has 20 heavy (non-hydrogen) atoms. The molecule has 1 amide bonds. The molecular formula is C16H25N3O. The van der Waals surface area contributed by atoms with Gasteiger partial charge < -0.3 is 11.1 Å². The number of nitrogens with two attached hydrogens (primary N) is 1. The van der Waals surface area contributed by atoms with Crippen LogP contribution in [-0.2, 0) is 6.42 Å². The smallest absolute Gasteiger partial charge is 0.251 e. The molecule has 0 aromatic heterocycles. The van der Waals surface area contributed by atoms with Crippen LogP contribution in [0.3, 0.4) is 0 Å². The summed E-state index contributed by atoms with van der Waals surface area (Å²) in [5.74, 6) is 0.000320. The molecule has 0 aliphatic heterocycles. The summed E-state index contributed by atoms with van der Waals surface area (Å²) in [5, 5.41) is 3.01. The molecule has 0 saturated heterocycles. The Morgan fingerprint density at radius 3 is 2.60 bits per heavy atom. The Hall–Kier alpha value is -1.39. The van der Waals surface area contributed by atoms with E-state index in [4.69, 9.17) is 5.73 Å². The quantitative estimate of drug-likeness (QED) is 0.791. The lowest BCUT2D eigenvalue weighted by Gasteiger charge is -2.24. The van der Waals surface area contributed by atoms with Gasteiger partial charge in [-0.3, -0.25) is 9.69 Å². The van der Waals surface area contributed by atoms with Gasteiger partial charge in [-0.05, 0) is 57.5 Å². The standard InChI is InChI=1S/C16H25N3O/c1-12(19(2)15-7-8-15)11-18-16(20)14-5-3-13(4-6-14)9-10-17/h3-6,12,15H,7-11,17H2,1-2H3,(H,18,20). The molecule has 1 atom stereocenters. The van der Waals surface area contributed by atoms with Crippen molar-refractivity contribution in [2.45, 2.75) is 38.3 Å². The highest BCUT2D eigenvalue weighted by Gasteiger charge is 2.29. The van der Waals surface area contributed by atoms with Gasteiger partial charge in [0, 0.05) is 24.2 Å². The number of carbonyl (C=O) groups excluding carboxylic acids is 1. The van der Waals surface area contributed by atoms with E-state index in [1.807, 2.05) is 24.3 Å². The van der Waals surface area contributed by atoms with Gasteiger partial charge in [0.15, 0.2) is 0 Å². The normalized spacial score (nSPS) is 16.2. The molecule has 3 N–H and O–H groups in total. The van der Waals surface area contributed by atoms with Gasteiger partial charge in [0.2, 0.25) is 0 Å². The fourth-order valence-electron chi connectivity index (χ4n) is 2.32. The molecule has 1 saturated carbocycles. The molecule has 1 unspecified atom stereocenters. The van der Waals surface area contributed by atoms with Crippen LogP contribution in [0, 0.1) is 0 Å². The molecule has 2 rings (SSSR count). The van der Waals surface area contributed by atoms with Crippen molar-refractivity contribution in [3.05, 3.63) is 35.4 Å². The molecule has 1 fully saturated rings. The number of amides is 1. The third-order valence-corrected chi connectivity index (χ3v) is 4.03. The summed E-state index contributed by atoms with van der Waals surface area (Å²) in [7, 11) is 2.14. The summed E-state index contributed by atoms with van der Waals surface area (Å²) >= 11 is 0. The van der Waals surface area contributed by atoms with Crippen LogP contribution in [0.1, 0.15) is 35.7 Å². The summed E-state index contributed by atoms with van der Waals surface area (Å²) < 4.78 is 0. The highest BCUT2D eigenvalue weighted by atomic mass is 16.1. The number of nitrogens with one attached hydrogen (secondary N) is 1. The molecule has 0 radical (unpaired) electrons. The van der Waals surface area contributed by atoms with E-state index in [-0.39, 0.29) is 5.91 Å². The largest absolute Gasteiger partial charge is 0.350 e. The van der Waals surface area contributed by atoms with Crippen molar-refractivity contribution >= 4 is 5.91 Å². The van der Waals surface area contributed by atoms with Gasteiger partial charge in [0.1, 0.15) is 0 Å². The van der Waals surface area contributed by atoms with Crippen molar-refractivity contribution in [3.8, 4) is 0 Å². The van der Waals surface area contributed by atoms with Gasteiger partial charge in [-0.25, -0.2) is 0 Å². The van der Waals surface area contributed by atoms with Crippen LogP contribution in [0.25, 0.3) is 0 Å². The zero-order valence-corrected chi connectivity index (χ0v) is 12.4. The Labute approximate surface area is 121 Å². The summed E-state index contributed by atoms with van der Waals surface area (Å²) in [6.07, 6.45) is 3.43. The average molecular weight is 275 g/mol. The van der Waals surface area contributed by atoms with Gasteiger partial charge in [0.05, 0.1) is 0 Å². The van der Waals surface area contributed by atoms with Gasteiger partial charge in [-0.1, -0.05) is 12.1 Å². The molecule has 1 aromatic carbocycles. The van der Waals surface area contributed by atoms with Crippen LogP contribution in [0.5, 0.6) is 0 Å². The van der Waals surface area contributed by atoms with Gasteiger partial charge in [-0.15, -0.1) is 0 Å². The van der Waals surface area contributed by atoms with Crippen LogP contribution in [0.15, 0.2) is 24.3 Å². The van der Waals surface area contributed by atoms with Crippen molar-refractivity contribution in [3.63, 3.8) is 0 Å². The van der Waals surface area contributed by atoms with Crippen molar-refractivity contribution in [1.82, 2.24) is 10.2 Å². The topological polar surface area (TPSA) is 58.4 Å². The van der Waals surface area contributed by atoms with Crippen molar-refractivity contribution in [2.75, 3.05) is 20.1 Å². The maximum Gasteiger partial charge on any atom is 0.251 e. The van der Waals surface area contributed by atoms with E-state index in [1.165, 1.54) is 18.4 Å². The molecule has 1 aromatic rings. The highest BCUT2D eigenvalue weighted by molar-refractivity contribution is 5.94. The third kappa shape index (κ3) is 4.05. The Bertz CT molecular complexity index is 440. The summed E-state index contributed by atoms with van der Waals surface area (Å²) in [5.41, 5.74) is 7.40. The summed E-state index contributed by atoms with van der Waals surface area (Å²) in [6.45, 7) is 3.48. The van der Waals surface area contributed by atoms with E-state index in [2.05, 4.69) is 24.2 Å². The van der Waals surface area contributed by atoms with Crippen LogP contribution in [0.4, 0.5) is 0 Å². The first-order chi connectivity index (χ1) is 9.61. The second kappa shape index (κ2) is 6.86. The second-order valence-corrected chi connectivity index (χ2v) is 5.69. The van der Waals surface area contributed by atoms with E-state index in [0.29, 0.717) is 24.7 Å². The zero-order valence-electron chi connectivity index (χ0n) is 12.4. The maximum absolute atomic E-state index is 12.1. The molecule has 0 bridgehead atoms. The van der Waals surface area contributed by atoms with Crippen molar-refractivity contribution in [2.24, 2.45) is 5.73 Å². The monoisotopic (exact) mass is 275 g/mol. The van der Waals surface area contributed by atoms with E-state index in [0.717, 1.165) is 12.5 Å². The molecule has 1 aliphatic rings. The van der Waals surface area contributed by atoms with Gasteiger partial charge in [0.25, 0.3) is 5.91 Å². The number of benzene rings is 1. The van der Waals surface area contributed by atoms with Gasteiger partial charge in [-0.2, -0.15) is 0 Å². The molecule has 4 heteroatoms. The number of hydrogen-bond acceptors (Lipinski definition) is 3. The lowest BCUT2D eigenvalue weighted by molar-refractivity contribution is 0.0939. The van der Waals surface area contributed by atoms with E-state index < -0.39 is 0 Å². The number of nitrogens with zero attached hydrogens (tertiary/aromatic N) is 1. The predicted octanol–water partition coefficient (Wildman–Crippen LogP) is 1.40. The summed E-state index contributed by atoms with van der Waals surface area (Å²) in [6, 6.07) is 8.79. The molecule has 0 heterocycles. The lowest BCUT2D eigenvalue weighted by Crippen LogP contribution is -2.41. The molecule has 1 aliphatic carbocycles. The summed E-state index contributed by atoms with van der Waals surface area (Å²) in [4.78, 5) is 14.4. The third-order valence-electron chi connectivity index (χ3n) is 4.03. The fourth-order valence-corrected chi connectivity index (χ4v) is 2.32.